The largest absolute Gasteiger partial charge is 0.476 e. The number of anilines is 1. The summed E-state index contributed by atoms with van der Waals surface area (Å²) >= 11 is 1.59. The molecule has 192 valence electrons. The van der Waals surface area contributed by atoms with E-state index in [9.17, 15) is 18.7 Å². The van der Waals surface area contributed by atoms with Gasteiger partial charge in [0.05, 0.1) is 24.2 Å². The number of aliphatic hydroxyl groups excluding tert-OH is 1. The van der Waals surface area contributed by atoms with Crippen molar-refractivity contribution in [2.24, 2.45) is 0 Å². The molecule has 0 fully saturated rings. The van der Waals surface area contributed by atoms with Crippen LogP contribution in [0.4, 0.5) is 14.5 Å². The lowest BCUT2D eigenvalue weighted by Crippen LogP contribution is -2.27. The molecule has 0 spiro atoms. The quantitative estimate of drug-likeness (QED) is 0.297. The van der Waals surface area contributed by atoms with Gasteiger partial charge >= 0.3 is 0 Å². The van der Waals surface area contributed by atoms with Crippen LogP contribution in [0, 0.1) is 6.92 Å². The number of amides is 1. The van der Waals surface area contributed by atoms with E-state index < -0.39 is 12.0 Å². The van der Waals surface area contributed by atoms with E-state index in [0.29, 0.717) is 29.4 Å². The van der Waals surface area contributed by atoms with Gasteiger partial charge < -0.3 is 15.2 Å². The van der Waals surface area contributed by atoms with E-state index in [4.69, 9.17) is 4.74 Å². The molecule has 10 heteroatoms. The summed E-state index contributed by atoms with van der Waals surface area (Å²) in [4.78, 5) is 26.6. The van der Waals surface area contributed by atoms with Crippen LogP contribution in [0.1, 0.15) is 28.6 Å². The van der Waals surface area contributed by atoms with Crippen molar-refractivity contribution in [2.45, 2.75) is 38.7 Å². The molecule has 4 aromatic rings. The third-order valence-corrected chi connectivity index (χ3v) is 6.74. The monoisotopic (exact) mass is 524 g/mol. The average molecular weight is 525 g/mol. The highest BCUT2D eigenvalue weighted by Crippen LogP contribution is 2.32. The molecule has 0 aliphatic heterocycles. The smallest absolute Gasteiger partial charge is 0.298 e. The van der Waals surface area contributed by atoms with Crippen LogP contribution in [-0.2, 0) is 23.6 Å². The minimum Gasteiger partial charge on any atom is -0.476 e. The minimum atomic E-state index is -3.35. The molecule has 0 saturated heterocycles. The van der Waals surface area contributed by atoms with Crippen molar-refractivity contribution in [1.29, 1.82) is 0 Å². The van der Waals surface area contributed by atoms with Crippen LogP contribution in [-0.4, -0.2) is 38.7 Å². The second-order valence-electron chi connectivity index (χ2n) is 8.47. The van der Waals surface area contributed by atoms with E-state index in [1.807, 2.05) is 24.6 Å². The summed E-state index contributed by atoms with van der Waals surface area (Å²) in [7, 11) is 0. The van der Waals surface area contributed by atoms with Crippen LogP contribution in [0.25, 0.3) is 11.3 Å². The summed E-state index contributed by atoms with van der Waals surface area (Å²) in [6, 6.07) is 12.5. The maximum absolute atomic E-state index is 13.9. The first-order chi connectivity index (χ1) is 17.7. The van der Waals surface area contributed by atoms with Crippen LogP contribution in [0.5, 0.6) is 5.88 Å². The maximum atomic E-state index is 13.9. The molecule has 0 aliphatic rings. The van der Waals surface area contributed by atoms with E-state index in [-0.39, 0.29) is 17.9 Å². The number of nitrogens with one attached hydrogen (secondary N) is 1. The topological polar surface area (TPSA) is 97.2 Å². The van der Waals surface area contributed by atoms with Gasteiger partial charge in [0.15, 0.2) is 0 Å². The van der Waals surface area contributed by atoms with Gasteiger partial charge in [0.25, 0.3) is 5.92 Å². The molecule has 37 heavy (non-hydrogen) atoms. The fraction of sp³-hybridized carbons (Fsp3) is 0.259. The van der Waals surface area contributed by atoms with Gasteiger partial charge in [0.1, 0.15) is 11.8 Å². The van der Waals surface area contributed by atoms with Gasteiger partial charge in [-0.3, -0.25) is 4.79 Å². The van der Waals surface area contributed by atoms with Crippen molar-refractivity contribution < 1.29 is 23.4 Å². The third kappa shape index (κ3) is 6.52. The van der Waals surface area contributed by atoms with Crippen molar-refractivity contribution in [3.05, 3.63) is 88.1 Å². The van der Waals surface area contributed by atoms with Crippen LogP contribution < -0.4 is 10.1 Å². The summed E-state index contributed by atoms with van der Waals surface area (Å²) in [5.41, 5.74) is 5.05. The molecular weight excluding hydrogens is 498 g/mol. The summed E-state index contributed by atoms with van der Waals surface area (Å²) in [5.74, 6) is -3.22. The lowest BCUT2D eigenvalue weighted by molar-refractivity contribution is -0.115. The summed E-state index contributed by atoms with van der Waals surface area (Å²) in [5, 5.41) is 12.1. The molecule has 2 heterocycles. The number of alkyl halides is 2. The number of hydrogen-bond donors (Lipinski definition) is 2. The Labute approximate surface area is 217 Å². The van der Waals surface area contributed by atoms with Crippen molar-refractivity contribution >= 4 is 22.9 Å². The Morgan fingerprint density at radius 2 is 1.78 bits per heavy atom. The SMILES string of the molecule is Cc1ncsc1CCOc1nccnc1-c1ccc(NC(=O)Cc2ccc(C(F)(F)C(C)O)cc2)cc1. The zero-order valence-corrected chi connectivity index (χ0v) is 21.1. The molecule has 1 atom stereocenters. The first-order valence-electron chi connectivity index (χ1n) is 11.6. The number of thiazole rings is 1. The van der Waals surface area contributed by atoms with Gasteiger partial charge in [-0.25, -0.2) is 15.0 Å². The number of aryl methyl sites for hydroxylation is 1. The number of halogens is 2. The highest BCUT2D eigenvalue weighted by Gasteiger charge is 2.37. The Bertz CT molecular complexity index is 1340. The summed E-state index contributed by atoms with van der Waals surface area (Å²) in [6.45, 7) is 3.45. The van der Waals surface area contributed by atoms with Crippen LogP contribution in [0.3, 0.4) is 0 Å². The lowest BCUT2D eigenvalue weighted by Gasteiger charge is -2.19. The number of rotatable bonds is 10. The van der Waals surface area contributed by atoms with Gasteiger partial charge in [0.2, 0.25) is 11.8 Å². The number of nitrogens with zero attached hydrogens (tertiary/aromatic N) is 3. The predicted octanol–water partition coefficient (Wildman–Crippen LogP) is 5.18. The predicted molar refractivity (Wildman–Crippen MR) is 138 cm³/mol. The van der Waals surface area contributed by atoms with E-state index in [1.54, 1.807) is 35.9 Å². The zero-order valence-electron chi connectivity index (χ0n) is 20.3. The van der Waals surface area contributed by atoms with Crippen molar-refractivity contribution in [3.63, 3.8) is 0 Å². The molecule has 2 aromatic carbocycles. The highest BCUT2D eigenvalue weighted by molar-refractivity contribution is 7.09. The zero-order chi connectivity index (χ0) is 26.4. The summed E-state index contributed by atoms with van der Waals surface area (Å²) in [6.07, 6.45) is 2.10. The lowest BCUT2D eigenvalue weighted by atomic mass is 10.0. The molecule has 1 unspecified atom stereocenters. The fourth-order valence-corrected chi connectivity index (χ4v) is 4.39. The molecule has 0 bridgehead atoms. The number of carbonyl (C=O) groups is 1. The molecule has 7 nitrogen and oxygen atoms in total. The van der Waals surface area contributed by atoms with Gasteiger partial charge in [-0.15, -0.1) is 11.3 Å². The summed E-state index contributed by atoms with van der Waals surface area (Å²) < 4.78 is 33.8. The minimum absolute atomic E-state index is 0.0175. The number of aromatic nitrogens is 3. The number of hydrogen-bond acceptors (Lipinski definition) is 7. The van der Waals surface area contributed by atoms with Crippen molar-refractivity contribution in [1.82, 2.24) is 15.0 Å². The van der Waals surface area contributed by atoms with Crippen LogP contribution >= 0.6 is 11.3 Å². The average Bonchev–Trinajstić information content (AvgIpc) is 3.29. The number of ether oxygens (including phenoxy) is 1. The first kappa shape index (κ1) is 26.3. The van der Waals surface area contributed by atoms with Crippen LogP contribution in [0.15, 0.2) is 66.4 Å². The molecule has 0 saturated carbocycles. The van der Waals surface area contributed by atoms with Gasteiger partial charge in [-0.05, 0) is 31.5 Å². The highest BCUT2D eigenvalue weighted by atomic mass is 32.1. The molecule has 0 radical (unpaired) electrons. The number of carbonyl (C=O) groups excluding carboxylic acids is 1. The Morgan fingerprint density at radius 3 is 2.43 bits per heavy atom. The number of aliphatic hydroxyl groups is 1. The van der Waals surface area contributed by atoms with Crippen molar-refractivity contribution in [3.8, 4) is 17.1 Å². The molecule has 4 rings (SSSR count). The second-order valence-corrected chi connectivity index (χ2v) is 9.41. The maximum Gasteiger partial charge on any atom is 0.298 e. The standard InChI is InChI=1S/C27H26F2N4O3S/c1-17-23(37-16-32-17)11-14-36-26-25(30-12-13-31-26)20-5-9-22(10-6-20)33-24(35)15-19-3-7-21(8-4-19)27(28,29)18(2)34/h3-10,12-13,16,18,34H,11,14-15H2,1-2H3,(H,33,35). The molecular formula is C27H26F2N4O3S. The Balaban J connectivity index is 1.36. The fourth-order valence-electron chi connectivity index (χ4n) is 3.62. The van der Waals surface area contributed by atoms with Crippen molar-refractivity contribution in [2.75, 3.05) is 11.9 Å². The first-order valence-corrected chi connectivity index (χ1v) is 12.5. The van der Waals surface area contributed by atoms with E-state index in [1.165, 1.54) is 29.1 Å². The van der Waals surface area contributed by atoms with E-state index >= 15 is 0 Å². The third-order valence-electron chi connectivity index (χ3n) is 5.75. The Kier molecular flexibility index (Phi) is 8.20. The van der Waals surface area contributed by atoms with E-state index in [0.717, 1.165) is 24.6 Å². The van der Waals surface area contributed by atoms with Gasteiger partial charge in [0, 0.05) is 40.5 Å². The Hall–Kier alpha value is -3.76. The van der Waals surface area contributed by atoms with Gasteiger partial charge in [-0.2, -0.15) is 8.78 Å². The van der Waals surface area contributed by atoms with E-state index in [2.05, 4.69) is 20.3 Å². The number of benzene rings is 2. The molecule has 1 amide bonds. The molecule has 0 aliphatic carbocycles. The van der Waals surface area contributed by atoms with Gasteiger partial charge in [-0.1, -0.05) is 36.4 Å². The molecule has 2 aromatic heterocycles. The van der Waals surface area contributed by atoms with Crippen LogP contribution in [0.2, 0.25) is 0 Å². The Morgan fingerprint density at radius 1 is 1.08 bits per heavy atom. The normalized spacial score (nSPS) is 12.2. The molecule has 2 N–H and O–H groups in total. The second kappa shape index (κ2) is 11.5.